The summed E-state index contributed by atoms with van der Waals surface area (Å²) in [6.45, 7) is 8.08. The first-order chi connectivity index (χ1) is 9.44. The van der Waals surface area contributed by atoms with Crippen molar-refractivity contribution >= 4 is 0 Å². The molecule has 2 atom stereocenters. The largest absolute Gasteiger partial charge is 0.390 e. The highest BCUT2D eigenvalue weighted by atomic mass is 16.3. The number of rotatable bonds is 4. The Balaban J connectivity index is 2.23. The molecule has 1 fully saturated rings. The fourth-order valence-electron chi connectivity index (χ4n) is 3.12. The molecule has 0 aromatic heterocycles. The summed E-state index contributed by atoms with van der Waals surface area (Å²) in [5.74, 6) is 0. The molecular formula is C17H28N2O. The monoisotopic (exact) mass is 276 g/mol. The van der Waals surface area contributed by atoms with Gasteiger partial charge in [-0.25, -0.2) is 0 Å². The zero-order chi connectivity index (χ0) is 14.8. The van der Waals surface area contributed by atoms with Gasteiger partial charge in [-0.3, -0.25) is 4.90 Å². The molecule has 2 rings (SSSR count). The van der Waals surface area contributed by atoms with Gasteiger partial charge in [-0.15, -0.1) is 0 Å². The van der Waals surface area contributed by atoms with Gasteiger partial charge in [-0.05, 0) is 44.2 Å². The van der Waals surface area contributed by atoms with Crippen LogP contribution in [0.4, 0.5) is 0 Å². The van der Waals surface area contributed by atoms with Crippen molar-refractivity contribution in [1.82, 2.24) is 4.90 Å². The van der Waals surface area contributed by atoms with E-state index in [4.69, 9.17) is 5.73 Å². The molecule has 1 aliphatic heterocycles. The topological polar surface area (TPSA) is 49.5 Å². The van der Waals surface area contributed by atoms with Gasteiger partial charge in [-0.2, -0.15) is 0 Å². The number of hydrogen-bond acceptors (Lipinski definition) is 3. The van der Waals surface area contributed by atoms with Crippen molar-refractivity contribution in [2.24, 2.45) is 5.73 Å². The van der Waals surface area contributed by atoms with Crippen LogP contribution in [0.1, 0.15) is 50.3 Å². The molecule has 3 N–H and O–H groups in total. The Hall–Kier alpha value is -0.900. The van der Waals surface area contributed by atoms with E-state index in [-0.39, 0.29) is 12.1 Å². The minimum atomic E-state index is -0.511. The third-order valence-electron chi connectivity index (χ3n) is 4.65. The molecule has 1 saturated heterocycles. The van der Waals surface area contributed by atoms with Crippen LogP contribution in [-0.4, -0.2) is 34.7 Å². The van der Waals surface area contributed by atoms with Gasteiger partial charge >= 0.3 is 0 Å². The smallest absolute Gasteiger partial charge is 0.0644 e. The maximum Gasteiger partial charge on any atom is 0.0644 e. The third-order valence-corrected chi connectivity index (χ3v) is 4.65. The zero-order valence-electron chi connectivity index (χ0n) is 13.0. The molecule has 3 heteroatoms. The van der Waals surface area contributed by atoms with Gasteiger partial charge in [0.1, 0.15) is 0 Å². The Morgan fingerprint density at radius 3 is 2.45 bits per heavy atom. The van der Waals surface area contributed by atoms with Crippen LogP contribution in [0.5, 0.6) is 0 Å². The first kappa shape index (κ1) is 15.5. The molecule has 0 radical (unpaired) electrons. The van der Waals surface area contributed by atoms with Gasteiger partial charge in [0.25, 0.3) is 0 Å². The van der Waals surface area contributed by atoms with Crippen molar-refractivity contribution in [1.29, 1.82) is 0 Å². The van der Waals surface area contributed by atoms with E-state index in [1.807, 2.05) is 6.92 Å². The van der Waals surface area contributed by atoms with Gasteiger partial charge in [0.05, 0.1) is 11.6 Å². The first-order valence-electron chi connectivity index (χ1n) is 7.72. The molecule has 112 valence electrons. The summed E-state index contributed by atoms with van der Waals surface area (Å²) in [6, 6.07) is 8.93. The van der Waals surface area contributed by atoms with Gasteiger partial charge < -0.3 is 10.8 Å². The molecule has 1 aliphatic rings. The number of likely N-dealkylation sites (tertiary alicyclic amines) is 1. The first-order valence-corrected chi connectivity index (χ1v) is 7.72. The Bertz CT molecular complexity index is 434. The van der Waals surface area contributed by atoms with E-state index < -0.39 is 5.60 Å². The van der Waals surface area contributed by atoms with E-state index in [0.717, 1.165) is 32.4 Å². The van der Waals surface area contributed by atoms with Crippen LogP contribution in [0.25, 0.3) is 0 Å². The van der Waals surface area contributed by atoms with Gasteiger partial charge in [0, 0.05) is 19.1 Å². The fraction of sp³-hybridized carbons (Fsp3) is 0.647. The predicted molar refractivity (Wildman–Crippen MR) is 83.6 cm³/mol. The minimum absolute atomic E-state index is 0.138. The average Bonchev–Trinajstić information content (AvgIpc) is 2.42. The molecule has 20 heavy (non-hydrogen) atoms. The molecule has 0 bridgehead atoms. The number of aryl methyl sites for hydroxylation is 1. The highest BCUT2D eigenvalue weighted by molar-refractivity contribution is 5.30. The van der Waals surface area contributed by atoms with Crippen molar-refractivity contribution in [3.63, 3.8) is 0 Å². The zero-order valence-corrected chi connectivity index (χ0v) is 13.0. The quantitative estimate of drug-likeness (QED) is 0.889. The lowest BCUT2D eigenvalue weighted by molar-refractivity contribution is -0.0203. The van der Waals surface area contributed by atoms with E-state index in [2.05, 4.69) is 43.0 Å². The maximum atomic E-state index is 10.1. The van der Waals surface area contributed by atoms with Gasteiger partial charge in [0.15, 0.2) is 0 Å². The number of nitrogens with zero attached hydrogens (tertiary/aromatic N) is 1. The van der Waals surface area contributed by atoms with Crippen LogP contribution in [0.3, 0.4) is 0 Å². The van der Waals surface area contributed by atoms with E-state index in [9.17, 15) is 5.11 Å². The predicted octanol–water partition coefficient (Wildman–Crippen LogP) is 2.62. The molecule has 3 nitrogen and oxygen atoms in total. The molecular weight excluding hydrogens is 248 g/mol. The van der Waals surface area contributed by atoms with Crippen LogP contribution in [-0.2, 0) is 0 Å². The molecule has 0 spiro atoms. The molecule has 0 aliphatic carbocycles. The lowest BCUT2D eigenvalue weighted by atomic mass is 9.88. The minimum Gasteiger partial charge on any atom is -0.390 e. The SMILES string of the molecule is CCC(N)C(c1ccccc1C)N1CCC(C)(O)CC1. The van der Waals surface area contributed by atoms with Crippen molar-refractivity contribution in [2.45, 2.75) is 57.7 Å². The summed E-state index contributed by atoms with van der Waals surface area (Å²) in [5, 5.41) is 10.1. The standard InChI is InChI=1S/C17H28N2O/c1-4-15(18)16(14-8-6-5-7-13(14)2)19-11-9-17(3,20)10-12-19/h5-8,15-16,20H,4,9-12,18H2,1-3H3. The number of benzene rings is 1. The van der Waals surface area contributed by atoms with Crippen molar-refractivity contribution in [3.8, 4) is 0 Å². The van der Waals surface area contributed by atoms with E-state index in [1.165, 1.54) is 11.1 Å². The van der Waals surface area contributed by atoms with Gasteiger partial charge in [0.2, 0.25) is 0 Å². The van der Waals surface area contributed by atoms with Crippen molar-refractivity contribution < 1.29 is 5.11 Å². The average molecular weight is 276 g/mol. The molecule has 2 unspecified atom stereocenters. The molecule has 1 heterocycles. The Morgan fingerprint density at radius 2 is 1.90 bits per heavy atom. The maximum absolute atomic E-state index is 10.1. The molecule has 1 aromatic carbocycles. The highest BCUT2D eigenvalue weighted by Crippen LogP contribution is 2.32. The fourth-order valence-corrected chi connectivity index (χ4v) is 3.12. The van der Waals surface area contributed by atoms with Crippen LogP contribution in [0.2, 0.25) is 0 Å². The summed E-state index contributed by atoms with van der Waals surface area (Å²) >= 11 is 0. The number of aliphatic hydroxyl groups is 1. The van der Waals surface area contributed by atoms with E-state index >= 15 is 0 Å². The van der Waals surface area contributed by atoms with Crippen LogP contribution in [0.15, 0.2) is 24.3 Å². The molecule has 0 saturated carbocycles. The molecule has 0 amide bonds. The number of nitrogens with two attached hydrogens (primary N) is 1. The van der Waals surface area contributed by atoms with Crippen LogP contribution in [0, 0.1) is 6.92 Å². The Kier molecular flexibility index (Phi) is 4.84. The summed E-state index contributed by atoms with van der Waals surface area (Å²) < 4.78 is 0. The Morgan fingerprint density at radius 1 is 1.30 bits per heavy atom. The summed E-state index contributed by atoms with van der Waals surface area (Å²) in [7, 11) is 0. The lowest BCUT2D eigenvalue weighted by Crippen LogP contribution is -2.48. The van der Waals surface area contributed by atoms with Crippen molar-refractivity contribution in [2.75, 3.05) is 13.1 Å². The second kappa shape index (κ2) is 6.25. The summed E-state index contributed by atoms with van der Waals surface area (Å²) in [4.78, 5) is 2.45. The lowest BCUT2D eigenvalue weighted by Gasteiger charge is -2.42. The summed E-state index contributed by atoms with van der Waals surface area (Å²) in [5.41, 5.74) is 8.54. The number of piperidine rings is 1. The third kappa shape index (κ3) is 3.40. The second-order valence-corrected chi connectivity index (χ2v) is 6.41. The van der Waals surface area contributed by atoms with Crippen molar-refractivity contribution in [3.05, 3.63) is 35.4 Å². The summed E-state index contributed by atoms with van der Waals surface area (Å²) in [6.07, 6.45) is 2.61. The highest BCUT2D eigenvalue weighted by Gasteiger charge is 2.33. The number of hydrogen-bond donors (Lipinski definition) is 2. The molecule has 1 aromatic rings. The van der Waals surface area contributed by atoms with Crippen LogP contribution < -0.4 is 5.73 Å². The van der Waals surface area contributed by atoms with Crippen LogP contribution >= 0.6 is 0 Å². The second-order valence-electron chi connectivity index (χ2n) is 6.41. The Labute approximate surface area is 122 Å². The normalized spacial score (nSPS) is 22.4. The van der Waals surface area contributed by atoms with E-state index in [0.29, 0.717) is 0 Å². The van der Waals surface area contributed by atoms with Gasteiger partial charge in [-0.1, -0.05) is 31.2 Å². The van der Waals surface area contributed by atoms with E-state index in [1.54, 1.807) is 0 Å².